The van der Waals surface area contributed by atoms with Crippen LogP contribution in [0.4, 0.5) is 11.8 Å². The molecule has 2 aromatic rings. The lowest BCUT2D eigenvalue weighted by Gasteiger charge is -2.28. The summed E-state index contributed by atoms with van der Waals surface area (Å²) in [5.74, 6) is 1.04. The van der Waals surface area contributed by atoms with Crippen molar-refractivity contribution in [1.29, 1.82) is 0 Å². The highest BCUT2D eigenvalue weighted by Crippen LogP contribution is 2.23. The maximum absolute atomic E-state index is 11.6. The third kappa shape index (κ3) is 3.02. The van der Waals surface area contributed by atoms with Gasteiger partial charge in [0.15, 0.2) is 5.69 Å². The minimum Gasteiger partial charge on any atom is -0.464 e. The number of hydrogen-bond donors (Lipinski definition) is 1. The Labute approximate surface area is 144 Å². The van der Waals surface area contributed by atoms with E-state index in [1.54, 1.807) is 12.3 Å². The van der Waals surface area contributed by atoms with Gasteiger partial charge in [0.2, 0.25) is 5.95 Å². The zero-order valence-corrected chi connectivity index (χ0v) is 14.0. The maximum atomic E-state index is 11.6. The molecule has 9 nitrogen and oxygen atoms in total. The monoisotopic (exact) mass is 344 g/mol. The van der Waals surface area contributed by atoms with Gasteiger partial charge in [0, 0.05) is 25.8 Å². The van der Waals surface area contributed by atoms with Gasteiger partial charge >= 0.3 is 5.97 Å². The molecule has 1 N–H and O–H groups in total. The van der Waals surface area contributed by atoms with Gasteiger partial charge in [-0.1, -0.05) is 0 Å². The minimum atomic E-state index is -0.431. The Morgan fingerprint density at radius 2 is 2.20 bits per heavy atom. The third-order valence-corrected chi connectivity index (χ3v) is 4.59. The molecule has 1 unspecified atom stereocenters. The topological polar surface area (TPSA) is 96.6 Å². The van der Waals surface area contributed by atoms with Gasteiger partial charge < -0.3 is 19.6 Å². The Hall–Kier alpha value is -2.68. The van der Waals surface area contributed by atoms with Crippen LogP contribution in [0.25, 0.3) is 0 Å². The smallest absolute Gasteiger partial charge is 0.358 e. The molecule has 4 rings (SSSR count). The summed E-state index contributed by atoms with van der Waals surface area (Å²) in [6.45, 7) is 3.35. The number of carbonyl (C=O) groups is 1. The quantitative estimate of drug-likeness (QED) is 0.780. The summed E-state index contributed by atoms with van der Waals surface area (Å²) >= 11 is 0. The van der Waals surface area contributed by atoms with Gasteiger partial charge in [-0.2, -0.15) is 10.1 Å². The van der Waals surface area contributed by atoms with E-state index >= 15 is 0 Å². The van der Waals surface area contributed by atoms with Crippen LogP contribution < -0.4 is 9.80 Å². The molecule has 0 radical (unpaired) electrons. The third-order valence-electron chi connectivity index (χ3n) is 4.59. The highest BCUT2D eigenvalue weighted by Gasteiger charge is 2.25. The first-order chi connectivity index (χ1) is 12.1. The van der Waals surface area contributed by atoms with Crippen molar-refractivity contribution >= 4 is 17.7 Å². The molecule has 4 heterocycles. The van der Waals surface area contributed by atoms with E-state index in [0.29, 0.717) is 37.8 Å². The average Bonchev–Trinajstić information content (AvgIpc) is 3.26. The number of rotatable bonds is 3. The van der Waals surface area contributed by atoms with Crippen LogP contribution >= 0.6 is 0 Å². The molecule has 0 saturated carbocycles. The van der Waals surface area contributed by atoms with E-state index in [9.17, 15) is 9.90 Å². The van der Waals surface area contributed by atoms with E-state index in [1.165, 1.54) is 7.11 Å². The Bertz CT molecular complexity index is 792. The van der Waals surface area contributed by atoms with Gasteiger partial charge in [-0.15, -0.1) is 0 Å². The van der Waals surface area contributed by atoms with Crippen molar-refractivity contribution in [1.82, 2.24) is 19.7 Å². The fourth-order valence-corrected chi connectivity index (χ4v) is 3.26. The molecule has 0 aliphatic carbocycles. The van der Waals surface area contributed by atoms with Crippen molar-refractivity contribution in [2.75, 3.05) is 36.5 Å². The number of hydrogen-bond acceptors (Lipinski definition) is 8. The molecular formula is C16H20N6O3. The summed E-state index contributed by atoms with van der Waals surface area (Å²) in [7, 11) is 1.35. The van der Waals surface area contributed by atoms with Gasteiger partial charge in [0.1, 0.15) is 5.82 Å². The number of methoxy groups -OCH3 is 1. The summed E-state index contributed by atoms with van der Waals surface area (Å²) in [5, 5.41) is 14.0. The highest BCUT2D eigenvalue weighted by atomic mass is 16.5. The summed E-state index contributed by atoms with van der Waals surface area (Å²) in [6, 6.07) is 3.61. The van der Waals surface area contributed by atoms with Crippen molar-refractivity contribution in [3.8, 4) is 0 Å². The van der Waals surface area contributed by atoms with Gasteiger partial charge in [-0.3, -0.25) is 4.68 Å². The molecule has 2 aliphatic rings. The summed E-state index contributed by atoms with van der Waals surface area (Å²) < 4.78 is 6.55. The molecule has 1 saturated heterocycles. The number of aliphatic hydroxyl groups excluding tert-OH is 1. The maximum Gasteiger partial charge on any atom is 0.358 e. The van der Waals surface area contributed by atoms with Crippen LogP contribution in [0, 0.1) is 0 Å². The summed E-state index contributed by atoms with van der Waals surface area (Å²) in [6.07, 6.45) is 2.21. The van der Waals surface area contributed by atoms with Crippen LogP contribution in [0.1, 0.15) is 22.6 Å². The number of aliphatic hydroxyl groups is 1. The molecule has 2 aliphatic heterocycles. The fraction of sp³-hybridized carbons (Fsp3) is 0.500. The van der Waals surface area contributed by atoms with Crippen molar-refractivity contribution in [2.24, 2.45) is 0 Å². The van der Waals surface area contributed by atoms with E-state index in [0.717, 1.165) is 24.5 Å². The van der Waals surface area contributed by atoms with E-state index in [1.807, 2.05) is 10.7 Å². The molecule has 1 fully saturated rings. The molecule has 25 heavy (non-hydrogen) atoms. The van der Waals surface area contributed by atoms with Crippen LogP contribution in [0.15, 0.2) is 18.3 Å². The van der Waals surface area contributed by atoms with Crippen LogP contribution in [-0.2, 0) is 17.8 Å². The first-order valence-electron chi connectivity index (χ1n) is 8.30. The lowest BCUT2D eigenvalue weighted by molar-refractivity contribution is 0.0593. The van der Waals surface area contributed by atoms with Crippen LogP contribution in [-0.4, -0.2) is 63.7 Å². The zero-order valence-electron chi connectivity index (χ0n) is 14.0. The van der Waals surface area contributed by atoms with Gasteiger partial charge in [-0.25, -0.2) is 9.78 Å². The molecule has 9 heteroatoms. The fourth-order valence-electron chi connectivity index (χ4n) is 3.26. The Morgan fingerprint density at radius 3 is 2.96 bits per heavy atom. The summed E-state index contributed by atoms with van der Waals surface area (Å²) in [5.41, 5.74) is 1.25. The predicted molar refractivity (Wildman–Crippen MR) is 89.5 cm³/mol. The van der Waals surface area contributed by atoms with Crippen LogP contribution in [0.2, 0.25) is 0 Å². The Balaban J connectivity index is 1.53. The SMILES string of the molecule is COC(=O)c1cc2n(n1)CCN(c1nccc(N3CCC(O)C3)n1)C2. The van der Waals surface area contributed by atoms with Crippen molar-refractivity contribution in [2.45, 2.75) is 25.6 Å². The van der Waals surface area contributed by atoms with Crippen LogP contribution in [0.3, 0.4) is 0 Å². The van der Waals surface area contributed by atoms with Crippen molar-refractivity contribution < 1.29 is 14.6 Å². The van der Waals surface area contributed by atoms with Gasteiger partial charge in [0.25, 0.3) is 0 Å². The second-order valence-electron chi connectivity index (χ2n) is 6.26. The molecule has 2 aromatic heterocycles. The number of aromatic nitrogens is 4. The van der Waals surface area contributed by atoms with Crippen molar-refractivity contribution in [3.05, 3.63) is 29.7 Å². The molecule has 132 valence electrons. The van der Waals surface area contributed by atoms with E-state index < -0.39 is 5.97 Å². The molecule has 0 amide bonds. The summed E-state index contributed by atoms with van der Waals surface area (Å²) in [4.78, 5) is 24.8. The molecule has 0 bridgehead atoms. The average molecular weight is 344 g/mol. The Kier molecular flexibility index (Phi) is 4.00. The normalized spacial score (nSPS) is 19.8. The Morgan fingerprint density at radius 1 is 1.32 bits per heavy atom. The lowest BCUT2D eigenvalue weighted by atomic mass is 10.3. The van der Waals surface area contributed by atoms with Crippen molar-refractivity contribution in [3.63, 3.8) is 0 Å². The van der Waals surface area contributed by atoms with E-state index in [-0.39, 0.29) is 6.10 Å². The predicted octanol–water partition coefficient (Wildman–Crippen LogP) is 0.0509. The standard InChI is InChI=1S/C16H20N6O3/c1-25-15(24)13-8-11-9-21(6-7-22(11)19-13)16-17-4-2-14(18-16)20-5-3-12(23)10-20/h2,4,8,12,23H,3,5-7,9-10H2,1H3. The first kappa shape index (κ1) is 15.8. The molecule has 0 spiro atoms. The molecule has 0 aromatic carbocycles. The van der Waals surface area contributed by atoms with Crippen LogP contribution in [0.5, 0.6) is 0 Å². The first-order valence-corrected chi connectivity index (χ1v) is 8.30. The number of ether oxygens (including phenoxy) is 1. The van der Waals surface area contributed by atoms with Gasteiger partial charge in [-0.05, 0) is 18.6 Å². The number of nitrogens with zero attached hydrogens (tertiary/aromatic N) is 6. The minimum absolute atomic E-state index is 0.292. The molecule has 1 atom stereocenters. The van der Waals surface area contributed by atoms with Gasteiger partial charge in [0.05, 0.1) is 32.0 Å². The number of fused-ring (bicyclic) bond motifs is 1. The zero-order chi connectivity index (χ0) is 17.4. The van der Waals surface area contributed by atoms with E-state index in [4.69, 9.17) is 4.74 Å². The number of esters is 1. The largest absolute Gasteiger partial charge is 0.464 e. The molecular weight excluding hydrogens is 324 g/mol. The second-order valence-corrected chi connectivity index (χ2v) is 6.26. The number of anilines is 2. The highest BCUT2D eigenvalue weighted by molar-refractivity contribution is 5.87. The number of carbonyl (C=O) groups excluding carboxylic acids is 1. The second kappa shape index (κ2) is 6.32. The number of β-amino-alcohol motifs (C(OH)–C–C–N with tert-alkyl or cyclic N) is 1. The van der Waals surface area contributed by atoms with E-state index in [2.05, 4.69) is 24.9 Å². The lowest BCUT2D eigenvalue weighted by Crippen LogP contribution is -2.35.